The van der Waals surface area contributed by atoms with Gasteiger partial charge in [0.1, 0.15) is 0 Å². The second-order valence-corrected chi connectivity index (χ2v) is 7.34. The Morgan fingerprint density at radius 2 is 2.00 bits per heavy atom. The van der Waals surface area contributed by atoms with Crippen LogP contribution in [0.3, 0.4) is 0 Å². The molecular formula is C15H25N3O. The molecule has 0 amide bonds. The van der Waals surface area contributed by atoms with Gasteiger partial charge in [-0.05, 0) is 42.7 Å². The van der Waals surface area contributed by atoms with Gasteiger partial charge in [0.15, 0.2) is 5.82 Å². The van der Waals surface area contributed by atoms with Crippen LogP contribution < -0.4 is 5.32 Å². The lowest BCUT2D eigenvalue weighted by Gasteiger charge is -2.20. The lowest BCUT2D eigenvalue weighted by atomic mass is 9.96. The average Bonchev–Trinajstić information content (AvgIpc) is 2.68. The Balaban J connectivity index is 1.67. The van der Waals surface area contributed by atoms with Gasteiger partial charge in [-0.1, -0.05) is 32.9 Å². The van der Waals surface area contributed by atoms with Crippen molar-refractivity contribution >= 4 is 0 Å². The van der Waals surface area contributed by atoms with Crippen LogP contribution >= 0.6 is 0 Å². The van der Waals surface area contributed by atoms with Gasteiger partial charge >= 0.3 is 0 Å². The summed E-state index contributed by atoms with van der Waals surface area (Å²) < 4.78 is 5.52. The highest BCUT2D eigenvalue weighted by molar-refractivity contribution is 5.24. The van der Waals surface area contributed by atoms with Crippen LogP contribution in [-0.4, -0.2) is 23.2 Å². The molecule has 19 heavy (non-hydrogen) atoms. The zero-order valence-electron chi connectivity index (χ0n) is 12.5. The standard InChI is InChI=1S/C15H25N3O/c1-14(2)12(15(14,3)4)13-17-11(18-19-13)8-10-6-5-7-16-9-10/h10,12,16H,5-9H2,1-4H3. The summed E-state index contributed by atoms with van der Waals surface area (Å²) in [5, 5.41) is 7.63. The van der Waals surface area contributed by atoms with Crippen molar-refractivity contribution in [2.45, 2.75) is 52.9 Å². The fourth-order valence-corrected chi connectivity index (χ4v) is 3.64. The van der Waals surface area contributed by atoms with Gasteiger partial charge in [0.25, 0.3) is 0 Å². The van der Waals surface area contributed by atoms with Crippen molar-refractivity contribution in [3.63, 3.8) is 0 Å². The van der Waals surface area contributed by atoms with E-state index >= 15 is 0 Å². The van der Waals surface area contributed by atoms with Crippen LogP contribution in [0.5, 0.6) is 0 Å². The van der Waals surface area contributed by atoms with Gasteiger partial charge in [-0.25, -0.2) is 0 Å². The quantitative estimate of drug-likeness (QED) is 0.911. The summed E-state index contributed by atoms with van der Waals surface area (Å²) in [6, 6.07) is 0. The summed E-state index contributed by atoms with van der Waals surface area (Å²) in [5.74, 6) is 2.81. The van der Waals surface area contributed by atoms with E-state index in [4.69, 9.17) is 4.52 Å². The summed E-state index contributed by atoms with van der Waals surface area (Å²) in [4.78, 5) is 4.65. The zero-order valence-corrected chi connectivity index (χ0v) is 12.5. The molecule has 1 saturated carbocycles. The summed E-state index contributed by atoms with van der Waals surface area (Å²) in [6.45, 7) is 11.4. The first kappa shape index (κ1) is 13.1. The Morgan fingerprint density at radius 1 is 1.26 bits per heavy atom. The van der Waals surface area contributed by atoms with Gasteiger partial charge < -0.3 is 9.84 Å². The first-order valence-electron chi connectivity index (χ1n) is 7.46. The maximum Gasteiger partial charge on any atom is 0.230 e. The maximum atomic E-state index is 5.52. The number of nitrogens with one attached hydrogen (secondary N) is 1. The van der Waals surface area contributed by atoms with Crippen LogP contribution in [0.1, 0.15) is 58.2 Å². The van der Waals surface area contributed by atoms with Crippen LogP contribution in [-0.2, 0) is 6.42 Å². The highest BCUT2D eigenvalue weighted by Gasteiger charge is 2.67. The molecule has 2 fully saturated rings. The van der Waals surface area contributed by atoms with Crippen molar-refractivity contribution < 1.29 is 4.52 Å². The molecule has 1 aromatic rings. The number of hydrogen-bond donors (Lipinski definition) is 1. The molecule has 1 atom stereocenters. The average molecular weight is 263 g/mol. The molecule has 0 spiro atoms. The highest BCUT2D eigenvalue weighted by atomic mass is 16.5. The van der Waals surface area contributed by atoms with Gasteiger partial charge in [0, 0.05) is 12.3 Å². The van der Waals surface area contributed by atoms with Crippen LogP contribution in [0.4, 0.5) is 0 Å². The van der Waals surface area contributed by atoms with Gasteiger partial charge in [-0.2, -0.15) is 4.98 Å². The SMILES string of the molecule is CC1(C)C(c2nc(CC3CCCNC3)no2)C1(C)C. The monoisotopic (exact) mass is 263 g/mol. The minimum atomic E-state index is 0.267. The number of piperidine rings is 1. The molecule has 3 rings (SSSR count). The second kappa shape index (κ2) is 4.30. The molecule has 1 aliphatic heterocycles. The molecule has 1 aliphatic carbocycles. The number of hydrogen-bond acceptors (Lipinski definition) is 4. The third-order valence-corrected chi connectivity index (χ3v) is 5.62. The van der Waals surface area contributed by atoms with Crippen molar-refractivity contribution in [2.24, 2.45) is 16.7 Å². The van der Waals surface area contributed by atoms with Crippen molar-refractivity contribution in [3.8, 4) is 0 Å². The lowest BCUT2D eigenvalue weighted by Crippen LogP contribution is -2.31. The normalized spacial score (nSPS) is 29.4. The van der Waals surface area contributed by atoms with E-state index in [-0.39, 0.29) is 10.8 Å². The molecule has 4 heteroatoms. The van der Waals surface area contributed by atoms with Gasteiger partial charge in [0.2, 0.25) is 5.89 Å². The molecule has 0 bridgehead atoms. The van der Waals surface area contributed by atoms with E-state index < -0.39 is 0 Å². The van der Waals surface area contributed by atoms with E-state index in [0.29, 0.717) is 11.8 Å². The van der Waals surface area contributed by atoms with E-state index in [9.17, 15) is 0 Å². The molecule has 1 aromatic heterocycles. The van der Waals surface area contributed by atoms with Gasteiger partial charge in [-0.15, -0.1) is 0 Å². The summed E-state index contributed by atoms with van der Waals surface area (Å²) >= 11 is 0. The van der Waals surface area contributed by atoms with Gasteiger partial charge in [0.05, 0.1) is 0 Å². The largest absolute Gasteiger partial charge is 0.339 e. The topological polar surface area (TPSA) is 51.0 Å². The summed E-state index contributed by atoms with van der Waals surface area (Å²) in [5.41, 5.74) is 0.534. The van der Waals surface area contributed by atoms with Crippen molar-refractivity contribution in [2.75, 3.05) is 13.1 Å². The van der Waals surface area contributed by atoms with E-state index in [1.165, 1.54) is 12.8 Å². The molecule has 4 nitrogen and oxygen atoms in total. The predicted octanol–water partition coefficient (Wildman–Crippen LogP) is 2.76. The molecule has 0 radical (unpaired) electrons. The Labute approximate surface area is 115 Å². The van der Waals surface area contributed by atoms with Crippen molar-refractivity contribution in [1.29, 1.82) is 0 Å². The smallest absolute Gasteiger partial charge is 0.230 e. The molecule has 2 aliphatic rings. The van der Waals surface area contributed by atoms with Crippen molar-refractivity contribution in [3.05, 3.63) is 11.7 Å². The number of nitrogens with zero attached hydrogens (tertiary/aromatic N) is 2. The third-order valence-electron chi connectivity index (χ3n) is 5.62. The van der Waals surface area contributed by atoms with Crippen LogP contribution in [0.2, 0.25) is 0 Å². The van der Waals surface area contributed by atoms with E-state index in [0.717, 1.165) is 31.2 Å². The Kier molecular flexibility index (Phi) is 2.97. The van der Waals surface area contributed by atoms with Gasteiger partial charge in [-0.3, -0.25) is 0 Å². The predicted molar refractivity (Wildman–Crippen MR) is 73.9 cm³/mol. The molecule has 1 saturated heterocycles. The van der Waals surface area contributed by atoms with E-state index in [1.807, 2.05) is 0 Å². The molecule has 1 N–H and O–H groups in total. The first-order valence-corrected chi connectivity index (χ1v) is 7.46. The third kappa shape index (κ3) is 2.10. The van der Waals surface area contributed by atoms with E-state index in [2.05, 4.69) is 43.2 Å². The summed E-state index contributed by atoms with van der Waals surface area (Å²) in [7, 11) is 0. The number of rotatable bonds is 3. The highest BCUT2D eigenvalue weighted by Crippen LogP contribution is 2.73. The summed E-state index contributed by atoms with van der Waals surface area (Å²) in [6.07, 6.45) is 3.49. The Hall–Kier alpha value is -0.900. The number of aromatic nitrogens is 2. The zero-order chi connectivity index (χ0) is 13.7. The Morgan fingerprint density at radius 3 is 2.58 bits per heavy atom. The fraction of sp³-hybridized carbons (Fsp3) is 0.867. The molecule has 0 aromatic carbocycles. The Bertz CT molecular complexity index is 444. The molecule has 106 valence electrons. The molecule has 2 heterocycles. The molecular weight excluding hydrogens is 238 g/mol. The maximum absolute atomic E-state index is 5.52. The second-order valence-electron chi connectivity index (χ2n) is 7.34. The van der Waals surface area contributed by atoms with Crippen LogP contribution in [0.25, 0.3) is 0 Å². The first-order chi connectivity index (χ1) is 8.93. The van der Waals surface area contributed by atoms with Crippen LogP contribution in [0, 0.1) is 16.7 Å². The van der Waals surface area contributed by atoms with Crippen molar-refractivity contribution in [1.82, 2.24) is 15.5 Å². The lowest BCUT2D eigenvalue weighted by molar-refractivity contribution is 0.344. The van der Waals surface area contributed by atoms with E-state index in [1.54, 1.807) is 0 Å². The minimum absolute atomic E-state index is 0.267. The molecule has 1 unspecified atom stereocenters. The van der Waals surface area contributed by atoms with Crippen LogP contribution in [0.15, 0.2) is 4.52 Å². The fourth-order valence-electron chi connectivity index (χ4n) is 3.64. The minimum Gasteiger partial charge on any atom is -0.339 e.